The number of fused-ring (bicyclic) bond motifs is 1. The molecule has 0 aliphatic rings. The molecule has 1 amide bonds. The zero-order chi connectivity index (χ0) is 18.8. The van der Waals surface area contributed by atoms with E-state index in [-0.39, 0.29) is 19.1 Å². The van der Waals surface area contributed by atoms with Crippen molar-refractivity contribution in [1.82, 2.24) is 19.9 Å². The van der Waals surface area contributed by atoms with Gasteiger partial charge in [-0.3, -0.25) is 4.79 Å². The fraction of sp³-hybridized carbons (Fsp3) is 0.150. The van der Waals surface area contributed by atoms with Crippen molar-refractivity contribution in [2.75, 3.05) is 13.2 Å². The lowest BCUT2D eigenvalue weighted by Crippen LogP contribution is -2.26. The highest BCUT2D eigenvalue weighted by atomic mass is 16.5. The fourth-order valence-electron chi connectivity index (χ4n) is 2.98. The van der Waals surface area contributed by atoms with E-state index in [1.165, 1.54) is 0 Å². The molecule has 3 aromatic heterocycles. The zero-order valence-electron chi connectivity index (χ0n) is 14.7. The van der Waals surface area contributed by atoms with Crippen molar-refractivity contribution in [1.29, 1.82) is 0 Å². The van der Waals surface area contributed by atoms with Crippen LogP contribution < -0.4 is 5.32 Å². The average Bonchev–Trinajstić information content (AvgIpc) is 3.29. The third-order valence-corrected chi connectivity index (χ3v) is 4.28. The molecule has 27 heavy (non-hydrogen) atoms. The molecule has 0 fully saturated rings. The molecule has 0 bridgehead atoms. The van der Waals surface area contributed by atoms with Crippen LogP contribution in [0.15, 0.2) is 59.4 Å². The molecule has 0 atom stereocenters. The van der Waals surface area contributed by atoms with Gasteiger partial charge in [-0.1, -0.05) is 35.5 Å². The lowest BCUT2D eigenvalue weighted by Gasteiger charge is -2.03. The standard InChI is InChI=1S/C20H18N4O3/c1-13-18(19(23-27-13)14-5-3-2-4-6-14)16-12-24-11-15(7-8-17(24)22-16)20(26)21-9-10-25/h2-8,11-12,25H,9-10H2,1H3,(H,21,26). The van der Waals surface area contributed by atoms with Gasteiger partial charge in [0.2, 0.25) is 0 Å². The average molecular weight is 362 g/mol. The van der Waals surface area contributed by atoms with Gasteiger partial charge in [0.1, 0.15) is 17.1 Å². The van der Waals surface area contributed by atoms with Crippen LogP contribution in [-0.2, 0) is 0 Å². The van der Waals surface area contributed by atoms with Crippen molar-refractivity contribution in [3.05, 3.63) is 66.2 Å². The second-order valence-corrected chi connectivity index (χ2v) is 6.12. The van der Waals surface area contributed by atoms with Gasteiger partial charge in [0.15, 0.2) is 0 Å². The van der Waals surface area contributed by atoms with Gasteiger partial charge in [0.05, 0.1) is 23.4 Å². The minimum atomic E-state index is -0.243. The Hall–Kier alpha value is -3.45. The molecule has 0 aliphatic carbocycles. The number of hydrogen-bond donors (Lipinski definition) is 2. The normalized spacial score (nSPS) is 11.0. The largest absolute Gasteiger partial charge is 0.395 e. The molecule has 0 unspecified atom stereocenters. The van der Waals surface area contributed by atoms with Crippen LogP contribution in [0.1, 0.15) is 16.1 Å². The van der Waals surface area contributed by atoms with E-state index in [0.717, 1.165) is 22.5 Å². The molecule has 1 aromatic carbocycles. The van der Waals surface area contributed by atoms with E-state index in [9.17, 15) is 4.79 Å². The maximum atomic E-state index is 12.1. The van der Waals surface area contributed by atoms with Gasteiger partial charge in [-0.25, -0.2) is 4.98 Å². The van der Waals surface area contributed by atoms with Gasteiger partial charge in [-0.05, 0) is 19.1 Å². The topological polar surface area (TPSA) is 92.7 Å². The number of rotatable bonds is 5. The molecular weight excluding hydrogens is 344 g/mol. The number of aliphatic hydroxyl groups is 1. The van der Waals surface area contributed by atoms with Gasteiger partial charge in [-0.2, -0.15) is 0 Å². The second kappa shape index (κ2) is 7.05. The highest BCUT2D eigenvalue weighted by Crippen LogP contribution is 2.33. The van der Waals surface area contributed by atoms with Crippen LogP contribution in [0.25, 0.3) is 28.2 Å². The Kier molecular flexibility index (Phi) is 4.43. The number of aliphatic hydroxyl groups excluding tert-OH is 1. The monoisotopic (exact) mass is 362 g/mol. The first-order valence-electron chi connectivity index (χ1n) is 8.57. The van der Waals surface area contributed by atoms with Crippen LogP contribution in [0.5, 0.6) is 0 Å². The Morgan fingerprint density at radius 2 is 2.00 bits per heavy atom. The van der Waals surface area contributed by atoms with Gasteiger partial charge < -0.3 is 19.3 Å². The van der Waals surface area contributed by atoms with Gasteiger partial charge in [0.25, 0.3) is 5.91 Å². The van der Waals surface area contributed by atoms with Crippen LogP contribution >= 0.6 is 0 Å². The Bertz CT molecular complexity index is 1100. The van der Waals surface area contributed by atoms with E-state index in [2.05, 4.69) is 15.5 Å². The van der Waals surface area contributed by atoms with Crippen LogP contribution in [0.2, 0.25) is 0 Å². The minimum Gasteiger partial charge on any atom is -0.395 e. The lowest BCUT2D eigenvalue weighted by molar-refractivity contribution is 0.0944. The van der Waals surface area contributed by atoms with Crippen LogP contribution in [-0.4, -0.2) is 38.7 Å². The van der Waals surface area contributed by atoms with Crippen molar-refractivity contribution in [2.24, 2.45) is 0 Å². The molecule has 0 saturated heterocycles. The summed E-state index contributed by atoms with van der Waals surface area (Å²) in [4.78, 5) is 16.8. The van der Waals surface area contributed by atoms with E-state index < -0.39 is 0 Å². The predicted octanol–water partition coefficient (Wildman–Crippen LogP) is 2.69. The first-order valence-corrected chi connectivity index (χ1v) is 8.57. The first-order chi connectivity index (χ1) is 13.2. The first kappa shape index (κ1) is 17.0. The molecule has 4 aromatic rings. The molecular formula is C20H18N4O3. The predicted molar refractivity (Wildman–Crippen MR) is 100 cm³/mol. The van der Waals surface area contributed by atoms with Crippen LogP contribution in [0, 0.1) is 6.92 Å². The number of carbonyl (C=O) groups is 1. The molecule has 0 aliphatic heterocycles. The van der Waals surface area contributed by atoms with Gasteiger partial charge in [0, 0.05) is 24.5 Å². The number of imidazole rings is 1. The number of hydrogen-bond acceptors (Lipinski definition) is 5. The van der Waals surface area contributed by atoms with Crippen molar-refractivity contribution < 1.29 is 14.4 Å². The van der Waals surface area contributed by atoms with E-state index in [1.807, 2.05) is 43.5 Å². The van der Waals surface area contributed by atoms with E-state index in [0.29, 0.717) is 17.0 Å². The number of amides is 1. The number of aryl methyl sites for hydroxylation is 1. The molecule has 136 valence electrons. The Labute approximate surface area is 155 Å². The van der Waals surface area contributed by atoms with Crippen molar-refractivity contribution in [2.45, 2.75) is 6.92 Å². The third-order valence-electron chi connectivity index (χ3n) is 4.28. The summed E-state index contributed by atoms with van der Waals surface area (Å²) >= 11 is 0. The summed E-state index contributed by atoms with van der Waals surface area (Å²) in [5.74, 6) is 0.436. The number of pyridine rings is 1. The summed E-state index contributed by atoms with van der Waals surface area (Å²) in [7, 11) is 0. The number of benzene rings is 1. The second-order valence-electron chi connectivity index (χ2n) is 6.12. The Morgan fingerprint density at radius 1 is 1.19 bits per heavy atom. The van der Waals surface area contributed by atoms with E-state index in [1.54, 1.807) is 22.7 Å². The lowest BCUT2D eigenvalue weighted by atomic mass is 10.0. The highest BCUT2D eigenvalue weighted by molar-refractivity contribution is 5.94. The fourth-order valence-corrected chi connectivity index (χ4v) is 2.98. The zero-order valence-corrected chi connectivity index (χ0v) is 14.7. The molecule has 0 radical (unpaired) electrons. The SMILES string of the molecule is Cc1onc(-c2ccccc2)c1-c1cn2cc(C(=O)NCCO)ccc2n1. The minimum absolute atomic E-state index is 0.0990. The van der Waals surface area contributed by atoms with Crippen molar-refractivity contribution >= 4 is 11.6 Å². The Morgan fingerprint density at radius 3 is 2.78 bits per heavy atom. The van der Waals surface area contributed by atoms with E-state index in [4.69, 9.17) is 9.63 Å². The number of nitrogens with zero attached hydrogens (tertiary/aromatic N) is 3. The quantitative estimate of drug-likeness (QED) is 0.569. The number of carbonyl (C=O) groups excluding carboxylic acids is 1. The third kappa shape index (κ3) is 3.20. The Balaban J connectivity index is 1.75. The molecule has 4 rings (SSSR count). The highest BCUT2D eigenvalue weighted by Gasteiger charge is 2.19. The summed E-state index contributed by atoms with van der Waals surface area (Å²) in [5, 5.41) is 15.7. The van der Waals surface area contributed by atoms with Crippen molar-refractivity contribution in [3.8, 4) is 22.5 Å². The number of aromatic nitrogens is 3. The number of nitrogens with one attached hydrogen (secondary N) is 1. The molecule has 2 N–H and O–H groups in total. The molecule has 7 nitrogen and oxygen atoms in total. The van der Waals surface area contributed by atoms with Crippen LogP contribution in [0.4, 0.5) is 0 Å². The maximum absolute atomic E-state index is 12.1. The summed E-state index contributed by atoms with van der Waals surface area (Å²) in [6.07, 6.45) is 3.56. The smallest absolute Gasteiger partial charge is 0.252 e. The molecule has 0 saturated carbocycles. The van der Waals surface area contributed by atoms with Gasteiger partial charge in [-0.15, -0.1) is 0 Å². The van der Waals surface area contributed by atoms with Gasteiger partial charge >= 0.3 is 0 Å². The summed E-state index contributed by atoms with van der Waals surface area (Å²) in [5.41, 5.74) is 4.44. The maximum Gasteiger partial charge on any atom is 0.252 e. The molecule has 3 heterocycles. The summed E-state index contributed by atoms with van der Waals surface area (Å²) in [6, 6.07) is 13.3. The summed E-state index contributed by atoms with van der Waals surface area (Å²) < 4.78 is 7.22. The summed E-state index contributed by atoms with van der Waals surface area (Å²) in [6.45, 7) is 1.97. The van der Waals surface area contributed by atoms with Crippen molar-refractivity contribution in [3.63, 3.8) is 0 Å². The van der Waals surface area contributed by atoms with E-state index >= 15 is 0 Å². The molecule has 0 spiro atoms. The molecule has 7 heteroatoms. The van der Waals surface area contributed by atoms with Crippen LogP contribution in [0.3, 0.4) is 0 Å².